The molecular formula is C4H9N4. The first kappa shape index (κ1) is 6.81. The first-order valence-corrected chi connectivity index (χ1v) is 1.85. The second-order valence-electron chi connectivity index (χ2n) is 1.24. The lowest BCUT2D eigenvalue weighted by Crippen LogP contribution is -1.89. The van der Waals surface area contributed by atoms with Crippen LogP contribution in [-0.4, -0.2) is 10.2 Å². The van der Waals surface area contributed by atoms with Crippen molar-refractivity contribution in [1.29, 1.82) is 0 Å². The van der Waals surface area contributed by atoms with Crippen LogP contribution >= 0.6 is 0 Å². The Labute approximate surface area is 47.9 Å². The van der Waals surface area contributed by atoms with Gasteiger partial charge in [-0.2, -0.15) is 5.10 Å². The van der Waals surface area contributed by atoms with Crippen molar-refractivity contribution in [2.24, 2.45) is 0 Å². The van der Waals surface area contributed by atoms with Crippen molar-refractivity contribution < 1.29 is 0 Å². The van der Waals surface area contributed by atoms with Crippen LogP contribution in [0.3, 0.4) is 0 Å². The Morgan fingerprint density at radius 1 is 1.50 bits per heavy atom. The minimum atomic E-state index is 0. The molecule has 0 aliphatic rings. The zero-order valence-electron chi connectivity index (χ0n) is 4.68. The zero-order valence-corrected chi connectivity index (χ0v) is 4.68. The molecule has 0 aliphatic carbocycles. The minimum absolute atomic E-state index is 0. The van der Waals surface area contributed by atoms with Crippen LogP contribution in [0.1, 0.15) is 0 Å². The molecule has 45 valence electrons. The van der Waals surface area contributed by atoms with Gasteiger partial charge in [0.2, 0.25) is 0 Å². The molecule has 5 N–H and O–H groups in total. The summed E-state index contributed by atoms with van der Waals surface area (Å²) in [6, 6.07) is 0. The van der Waals surface area contributed by atoms with Gasteiger partial charge >= 0.3 is 0 Å². The Morgan fingerprint density at radius 2 is 2.12 bits per heavy atom. The van der Waals surface area contributed by atoms with E-state index in [1.165, 1.54) is 6.20 Å². The number of H-pyrrole nitrogens is 1. The number of nitrogen functional groups attached to an aromatic ring is 2. The highest BCUT2D eigenvalue weighted by Crippen LogP contribution is 2.04. The standard InChI is InChI=1S/C3H6N4.CH3/c4-2-1-6-7-3(2)5;/h1H,4H2,(H3,5,6,7);1H3. The third-order valence-corrected chi connectivity index (χ3v) is 0.700. The number of nitrogens with two attached hydrogens (primary N) is 2. The van der Waals surface area contributed by atoms with Crippen molar-refractivity contribution in [2.75, 3.05) is 11.5 Å². The molecule has 0 atom stereocenters. The van der Waals surface area contributed by atoms with Gasteiger partial charge in [0, 0.05) is 0 Å². The molecule has 0 saturated carbocycles. The van der Waals surface area contributed by atoms with E-state index >= 15 is 0 Å². The van der Waals surface area contributed by atoms with Crippen molar-refractivity contribution in [3.63, 3.8) is 0 Å². The Balaban J connectivity index is 0.000000490. The normalized spacial score (nSPS) is 8.00. The van der Waals surface area contributed by atoms with Crippen molar-refractivity contribution >= 4 is 11.5 Å². The van der Waals surface area contributed by atoms with Gasteiger partial charge in [0.05, 0.1) is 11.9 Å². The fourth-order valence-corrected chi connectivity index (χ4v) is 0.305. The van der Waals surface area contributed by atoms with Crippen LogP contribution in [0.2, 0.25) is 0 Å². The molecule has 0 unspecified atom stereocenters. The predicted molar refractivity (Wildman–Crippen MR) is 33.8 cm³/mol. The highest BCUT2D eigenvalue weighted by atomic mass is 15.2. The molecule has 0 saturated heterocycles. The smallest absolute Gasteiger partial charge is 0.142 e. The summed E-state index contributed by atoms with van der Waals surface area (Å²) in [6.07, 6.45) is 1.47. The summed E-state index contributed by atoms with van der Waals surface area (Å²) >= 11 is 0. The van der Waals surface area contributed by atoms with E-state index in [2.05, 4.69) is 10.2 Å². The molecule has 4 heteroatoms. The van der Waals surface area contributed by atoms with Crippen molar-refractivity contribution in [2.45, 2.75) is 0 Å². The van der Waals surface area contributed by atoms with Gasteiger partial charge in [0.15, 0.2) is 0 Å². The molecule has 0 amide bonds. The summed E-state index contributed by atoms with van der Waals surface area (Å²) in [5, 5.41) is 6.02. The van der Waals surface area contributed by atoms with Gasteiger partial charge in [0.1, 0.15) is 5.82 Å². The van der Waals surface area contributed by atoms with E-state index in [1.807, 2.05) is 0 Å². The van der Waals surface area contributed by atoms with Gasteiger partial charge in [0.25, 0.3) is 0 Å². The van der Waals surface area contributed by atoms with Crippen LogP contribution in [0, 0.1) is 7.43 Å². The molecule has 1 rings (SSSR count). The second kappa shape index (κ2) is 2.20. The summed E-state index contributed by atoms with van der Waals surface area (Å²) in [6.45, 7) is 0. The van der Waals surface area contributed by atoms with Gasteiger partial charge < -0.3 is 11.5 Å². The molecule has 1 aromatic rings. The topological polar surface area (TPSA) is 80.7 Å². The predicted octanol–water partition coefficient (Wildman–Crippen LogP) is 0.0244. The molecule has 1 radical (unpaired) electrons. The summed E-state index contributed by atoms with van der Waals surface area (Å²) in [7, 11) is 0. The molecular weight excluding hydrogens is 104 g/mol. The van der Waals surface area contributed by atoms with Gasteiger partial charge in [-0.05, 0) is 0 Å². The van der Waals surface area contributed by atoms with Gasteiger partial charge in [-0.15, -0.1) is 0 Å². The average Bonchev–Trinajstić information content (AvgIpc) is 1.91. The Bertz CT molecular complexity index is 140. The molecule has 1 heterocycles. The monoisotopic (exact) mass is 113 g/mol. The number of aromatic amines is 1. The second-order valence-corrected chi connectivity index (χ2v) is 1.24. The van der Waals surface area contributed by atoms with E-state index in [1.54, 1.807) is 0 Å². The molecule has 0 spiro atoms. The van der Waals surface area contributed by atoms with E-state index in [-0.39, 0.29) is 7.43 Å². The largest absolute Gasteiger partial charge is 0.394 e. The first-order chi connectivity index (χ1) is 3.30. The highest BCUT2D eigenvalue weighted by molar-refractivity contribution is 5.55. The van der Waals surface area contributed by atoms with Crippen molar-refractivity contribution in [3.05, 3.63) is 13.6 Å². The fourth-order valence-electron chi connectivity index (χ4n) is 0.305. The Morgan fingerprint density at radius 3 is 2.25 bits per heavy atom. The third-order valence-electron chi connectivity index (χ3n) is 0.700. The van der Waals surface area contributed by atoms with Crippen LogP contribution < -0.4 is 11.5 Å². The van der Waals surface area contributed by atoms with Gasteiger partial charge in [-0.1, -0.05) is 7.43 Å². The van der Waals surface area contributed by atoms with Crippen LogP contribution in [0.15, 0.2) is 6.20 Å². The average molecular weight is 113 g/mol. The maximum absolute atomic E-state index is 5.22. The van der Waals surface area contributed by atoms with Gasteiger partial charge in [-0.25, -0.2) is 0 Å². The van der Waals surface area contributed by atoms with E-state index in [0.717, 1.165) is 0 Å². The van der Waals surface area contributed by atoms with E-state index < -0.39 is 0 Å². The van der Waals surface area contributed by atoms with E-state index in [9.17, 15) is 0 Å². The molecule has 0 fully saturated rings. The number of rotatable bonds is 0. The Kier molecular flexibility index (Phi) is 1.88. The van der Waals surface area contributed by atoms with Crippen LogP contribution in [0.4, 0.5) is 11.5 Å². The lowest BCUT2D eigenvalue weighted by molar-refractivity contribution is 1.10. The lowest BCUT2D eigenvalue weighted by Gasteiger charge is -1.80. The minimum Gasteiger partial charge on any atom is -0.394 e. The van der Waals surface area contributed by atoms with Crippen molar-refractivity contribution in [1.82, 2.24) is 10.2 Å². The maximum atomic E-state index is 5.22. The number of aromatic nitrogens is 2. The molecule has 4 nitrogen and oxygen atoms in total. The van der Waals surface area contributed by atoms with E-state index in [4.69, 9.17) is 11.5 Å². The summed E-state index contributed by atoms with van der Waals surface area (Å²) < 4.78 is 0. The SMILES string of the molecule is Nc1cn[nH]c1N.[CH3]. The van der Waals surface area contributed by atoms with Crippen LogP contribution in [0.5, 0.6) is 0 Å². The number of hydrogen-bond acceptors (Lipinski definition) is 3. The quantitative estimate of drug-likeness (QED) is 0.443. The lowest BCUT2D eigenvalue weighted by atomic mass is 10.6. The molecule has 0 aliphatic heterocycles. The first-order valence-electron chi connectivity index (χ1n) is 1.85. The highest BCUT2D eigenvalue weighted by Gasteiger charge is 1.89. The van der Waals surface area contributed by atoms with Crippen molar-refractivity contribution in [3.8, 4) is 0 Å². The summed E-state index contributed by atoms with van der Waals surface area (Å²) in [5.41, 5.74) is 10.9. The third kappa shape index (κ3) is 0.900. The van der Waals surface area contributed by atoms with Crippen LogP contribution in [-0.2, 0) is 0 Å². The van der Waals surface area contributed by atoms with Gasteiger partial charge in [-0.3, -0.25) is 5.10 Å². The molecule has 1 aromatic heterocycles. The summed E-state index contributed by atoms with van der Waals surface area (Å²) in [4.78, 5) is 0. The number of nitrogens with one attached hydrogen (secondary N) is 1. The van der Waals surface area contributed by atoms with Crippen LogP contribution in [0.25, 0.3) is 0 Å². The maximum Gasteiger partial charge on any atom is 0.142 e. The summed E-state index contributed by atoms with van der Waals surface area (Å²) in [5.74, 6) is 0.431. The zero-order chi connectivity index (χ0) is 5.28. The number of hydrogen-bond donors (Lipinski definition) is 3. The van der Waals surface area contributed by atoms with E-state index in [0.29, 0.717) is 11.5 Å². The molecule has 0 aromatic carbocycles. The Hall–Kier alpha value is -1.19. The molecule has 0 bridgehead atoms. The molecule has 8 heavy (non-hydrogen) atoms. The number of nitrogens with zero attached hydrogens (tertiary/aromatic N) is 1. The number of anilines is 2. The fraction of sp³-hybridized carbons (Fsp3) is 0.